The van der Waals surface area contributed by atoms with Gasteiger partial charge in [-0.25, -0.2) is 0 Å². The highest BCUT2D eigenvalue weighted by molar-refractivity contribution is 6.30. The molecule has 1 heterocycles. The summed E-state index contributed by atoms with van der Waals surface area (Å²) in [4.78, 5) is 14.6. The molecule has 2 aromatic rings. The quantitative estimate of drug-likeness (QED) is 0.762. The van der Waals surface area contributed by atoms with Gasteiger partial charge in [-0.2, -0.15) is 4.98 Å². The number of carboxylic acids is 1. The standard InChI is InChI=1S/C13H14ClN3O3/c14-10-5-3-9(4-6-10)13-16-11(17-20-13)8-15-7-1-2-12(18)19/h3-6,15H,1-2,7-8H2,(H,18,19). The number of hydrogen-bond acceptors (Lipinski definition) is 5. The van der Waals surface area contributed by atoms with Gasteiger partial charge < -0.3 is 14.9 Å². The van der Waals surface area contributed by atoms with Gasteiger partial charge in [0.2, 0.25) is 0 Å². The van der Waals surface area contributed by atoms with Crippen molar-refractivity contribution in [2.24, 2.45) is 0 Å². The summed E-state index contributed by atoms with van der Waals surface area (Å²) in [5.74, 6) is 0.172. The van der Waals surface area contributed by atoms with Gasteiger partial charge in [-0.15, -0.1) is 0 Å². The molecule has 2 N–H and O–H groups in total. The van der Waals surface area contributed by atoms with Crippen molar-refractivity contribution in [2.75, 3.05) is 6.54 Å². The number of carbonyl (C=O) groups is 1. The first-order valence-electron chi connectivity index (χ1n) is 6.16. The first kappa shape index (κ1) is 14.5. The molecule has 1 aromatic carbocycles. The van der Waals surface area contributed by atoms with Crippen LogP contribution in [0.15, 0.2) is 28.8 Å². The van der Waals surface area contributed by atoms with Gasteiger partial charge in [-0.1, -0.05) is 16.8 Å². The van der Waals surface area contributed by atoms with Gasteiger partial charge in [-0.05, 0) is 37.2 Å². The van der Waals surface area contributed by atoms with Crippen molar-refractivity contribution in [3.63, 3.8) is 0 Å². The second-order valence-corrected chi connectivity index (χ2v) is 4.63. The van der Waals surface area contributed by atoms with Crippen molar-refractivity contribution >= 4 is 17.6 Å². The van der Waals surface area contributed by atoms with E-state index in [0.717, 1.165) is 5.56 Å². The second kappa shape index (κ2) is 7.02. The molecule has 0 saturated carbocycles. The summed E-state index contributed by atoms with van der Waals surface area (Å²) in [5, 5.41) is 16.1. The predicted octanol–water partition coefficient (Wildman–Crippen LogP) is 2.34. The van der Waals surface area contributed by atoms with E-state index in [-0.39, 0.29) is 6.42 Å². The predicted molar refractivity (Wildman–Crippen MR) is 73.3 cm³/mol. The summed E-state index contributed by atoms with van der Waals surface area (Å²) >= 11 is 5.81. The Labute approximate surface area is 120 Å². The van der Waals surface area contributed by atoms with Crippen LogP contribution in [0, 0.1) is 0 Å². The maximum Gasteiger partial charge on any atom is 0.303 e. The number of nitrogens with one attached hydrogen (secondary N) is 1. The van der Waals surface area contributed by atoms with Crippen molar-refractivity contribution in [1.29, 1.82) is 0 Å². The van der Waals surface area contributed by atoms with Crippen LogP contribution in [0.2, 0.25) is 5.02 Å². The Morgan fingerprint density at radius 1 is 1.35 bits per heavy atom. The van der Waals surface area contributed by atoms with E-state index in [1.807, 2.05) is 0 Å². The zero-order valence-electron chi connectivity index (χ0n) is 10.7. The van der Waals surface area contributed by atoms with Crippen LogP contribution >= 0.6 is 11.6 Å². The Morgan fingerprint density at radius 3 is 2.80 bits per heavy atom. The van der Waals surface area contributed by atoms with E-state index < -0.39 is 5.97 Å². The number of benzene rings is 1. The molecule has 0 spiro atoms. The fraction of sp³-hybridized carbons (Fsp3) is 0.308. The van der Waals surface area contributed by atoms with E-state index in [2.05, 4.69) is 15.5 Å². The molecular weight excluding hydrogens is 282 g/mol. The normalized spacial score (nSPS) is 10.7. The molecule has 0 fully saturated rings. The van der Waals surface area contributed by atoms with Gasteiger partial charge in [0.15, 0.2) is 5.82 Å². The molecule has 0 radical (unpaired) electrons. The third-order valence-electron chi connectivity index (χ3n) is 2.59. The number of halogens is 1. The molecule has 0 bridgehead atoms. The molecule has 0 aliphatic heterocycles. The minimum atomic E-state index is -0.795. The minimum absolute atomic E-state index is 0.148. The maximum absolute atomic E-state index is 10.3. The summed E-state index contributed by atoms with van der Waals surface area (Å²) in [6.07, 6.45) is 0.715. The molecule has 0 aliphatic carbocycles. The first-order valence-corrected chi connectivity index (χ1v) is 6.54. The van der Waals surface area contributed by atoms with Crippen LogP contribution < -0.4 is 5.32 Å². The van der Waals surface area contributed by atoms with Crippen LogP contribution in [0.4, 0.5) is 0 Å². The highest BCUT2D eigenvalue weighted by Gasteiger charge is 2.08. The van der Waals surface area contributed by atoms with E-state index in [1.165, 1.54) is 0 Å². The third-order valence-corrected chi connectivity index (χ3v) is 2.84. The van der Waals surface area contributed by atoms with Crippen LogP contribution in [0.5, 0.6) is 0 Å². The molecule has 0 unspecified atom stereocenters. The van der Waals surface area contributed by atoms with E-state index in [4.69, 9.17) is 21.2 Å². The number of nitrogens with zero attached hydrogens (tertiary/aromatic N) is 2. The highest BCUT2D eigenvalue weighted by Crippen LogP contribution is 2.19. The zero-order valence-corrected chi connectivity index (χ0v) is 11.4. The lowest BCUT2D eigenvalue weighted by Gasteiger charge is -1.98. The average Bonchev–Trinajstić information content (AvgIpc) is 2.87. The van der Waals surface area contributed by atoms with E-state index in [9.17, 15) is 4.79 Å². The Morgan fingerprint density at radius 2 is 2.10 bits per heavy atom. The fourth-order valence-corrected chi connectivity index (χ4v) is 1.73. The second-order valence-electron chi connectivity index (χ2n) is 4.20. The molecule has 7 heteroatoms. The van der Waals surface area contributed by atoms with Gasteiger partial charge in [0.1, 0.15) is 0 Å². The smallest absolute Gasteiger partial charge is 0.303 e. The fourth-order valence-electron chi connectivity index (χ4n) is 1.60. The highest BCUT2D eigenvalue weighted by atomic mass is 35.5. The Balaban J connectivity index is 1.83. The number of rotatable bonds is 7. The van der Waals surface area contributed by atoms with Crippen LogP contribution in [0.25, 0.3) is 11.5 Å². The molecule has 0 atom stereocenters. The lowest BCUT2D eigenvalue weighted by Crippen LogP contribution is -2.16. The van der Waals surface area contributed by atoms with Crippen LogP contribution in [-0.4, -0.2) is 27.8 Å². The molecular formula is C13H14ClN3O3. The SMILES string of the molecule is O=C(O)CCCNCc1noc(-c2ccc(Cl)cc2)n1. The first-order chi connectivity index (χ1) is 9.65. The van der Waals surface area contributed by atoms with Crippen LogP contribution in [-0.2, 0) is 11.3 Å². The largest absolute Gasteiger partial charge is 0.481 e. The minimum Gasteiger partial charge on any atom is -0.481 e. The lowest BCUT2D eigenvalue weighted by molar-refractivity contribution is -0.137. The summed E-state index contributed by atoms with van der Waals surface area (Å²) in [6, 6.07) is 7.12. The van der Waals surface area contributed by atoms with Crippen molar-refractivity contribution in [3.05, 3.63) is 35.1 Å². The molecule has 106 valence electrons. The monoisotopic (exact) mass is 295 g/mol. The van der Waals surface area contributed by atoms with Gasteiger partial charge >= 0.3 is 5.97 Å². The Bertz CT molecular complexity index is 568. The van der Waals surface area contributed by atoms with Gasteiger partial charge in [0, 0.05) is 17.0 Å². The average molecular weight is 296 g/mol. The van der Waals surface area contributed by atoms with Gasteiger partial charge in [-0.3, -0.25) is 4.79 Å². The van der Waals surface area contributed by atoms with Crippen molar-refractivity contribution < 1.29 is 14.4 Å². The molecule has 1 aromatic heterocycles. The Kier molecular flexibility index (Phi) is 5.09. The van der Waals surface area contributed by atoms with E-state index in [0.29, 0.717) is 36.2 Å². The summed E-state index contributed by atoms with van der Waals surface area (Å²) in [7, 11) is 0. The third kappa shape index (κ3) is 4.32. The van der Waals surface area contributed by atoms with Crippen molar-refractivity contribution in [1.82, 2.24) is 15.5 Å². The van der Waals surface area contributed by atoms with E-state index in [1.54, 1.807) is 24.3 Å². The van der Waals surface area contributed by atoms with Gasteiger partial charge in [0.25, 0.3) is 5.89 Å². The van der Waals surface area contributed by atoms with Crippen LogP contribution in [0.3, 0.4) is 0 Å². The Hall–Kier alpha value is -1.92. The van der Waals surface area contributed by atoms with Crippen molar-refractivity contribution in [2.45, 2.75) is 19.4 Å². The topological polar surface area (TPSA) is 88.2 Å². The summed E-state index contributed by atoms with van der Waals surface area (Å²) < 4.78 is 5.15. The molecule has 2 rings (SSSR count). The summed E-state index contributed by atoms with van der Waals surface area (Å²) in [5.41, 5.74) is 0.805. The maximum atomic E-state index is 10.3. The van der Waals surface area contributed by atoms with E-state index >= 15 is 0 Å². The van der Waals surface area contributed by atoms with Crippen molar-refractivity contribution in [3.8, 4) is 11.5 Å². The number of carboxylic acid groups (broad SMARTS) is 1. The van der Waals surface area contributed by atoms with Crippen LogP contribution in [0.1, 0.15) is 18.7 Å². The van der Waals surface area contributed by atoms with Gasteiger partial charge in [0.05, 0.1) is 6.54 Å². The lowest BCUT2D eigenvalue weighted by atomic mass is 10.2. The molecule has 6 nitrogen and oxygen atoms in total. The zero-order chi connectivity index (χ0) is 14.4. The number of aromatic nitrogens is 2. The molecule has 0 amide bonds. The number of hydrogen-bond donors (Lipinski definition) is 2. The number of aliphatic carboxylic acids is 1. The molecule has 0 aliphatic rings. The summed E-state index contributed by atoms with van der Waals surface area (Å²) in [6.45, 7) is 1.04. The molecule has 0 saturated heterocycles. The molecule has 20 heavy (non-hydrogen) atoms.